The maximum Gasteiger partial charge on any atom is 0.301 e. The first-order valence-corrected chi connectivity index (χ1v) is 21.8. The third kappa shape index (κ3) is 5.23. The first-order valence-electron chi connectivity index (χ1n) is 20.2. The van der Waals surface area contributed by atoms with E-state index < -0.39 is 7.44 Å². The van der Waals surface area contributed by atoms with Gasteiger partial charge in [-0.3, -0.25) is 13.9 Å². The van der Waals surface area contributed by atoms with Crippen LogP contribution in [0.1, 0.15) is 0 Å². The van der Waals surface area contributed by atoms with E-state index in [1.165, 1.54) is 21.8 Å². The van der Waals surface area contributed by atoms with Gasteiger partial charge in [-0.2, -0.15) is 0 Å². The summed E-state index contributed by atoms with van der Waals surface area (Å²) in [6, 6.07) is 75.4. The van der Waals surface area contributed by atoms with Crippen LogP contribution < -0.4 is 14.6 Å². The molecule has 12 rings (SSSR count). The quantitative estimate of drug-likeness (QED) is 0.157. The van der Waals surface area contributed by atoms with Crippen molar-refractivity contribution in [2.75, 3.05) is 9.34 Å². The average Bonchev–Trinajstić information content (AvgIpc) is 3.94. The van der Waals surface area contributed by atoms with E-state index in [9.17, 15) is 0 Å². The van der Waals surface area contributed by atoms with Gasteiger partial charge in [-0.15, -0.1) is 0 Å². The minimum atomic E-state index is -3.47. The summed E-state index contributed by atoms with van der Waals surface area (Å²) in [4.78, 5) is 0. The van der Waals surface area contributed by atoms with E-state index in [1.54, 1.807) is 0 Å². The van der Waals surface area contributed by atoms with E-state index in [1.807, 2.05) is 95.7 Å². The maximum absolute atomic E-state index is 16.1. The number of fused-ring (bicyclic) bond motifs is 7. The maximum atomic E-state index is 16.1. The Morgan fingerprint density at radius 1 is 0.350 bits per heavy atom. The molecule has 1 aliphatic rings. The van der Waals surface area contributed by atoms with E-state index in [4.69, 9.17) is 4.42 Å². The average molecular weight is 790 g/mol. The third-order valence-corrected chi connectivity index (χ3v) is 14.8. The molecule has 0 saturated carbocycles. The molecule has 9 aromatic carbocycles. The Labute approximate surface area is 347 Å². The Kier molecular flexibility index (Phi) is 7.75. The number of benzene rings is 9. The Morgan fingerprint density at radius 2 is 0.800 bits per heavy atom. The number of para-hydroxylation sites is 4. The Morgan fingerprint density at radius 3 is 1.42 bits per heavy atom. The summed E-state index contributed by atoms with van der Waals surface area (Å²) in [6.45, 7) is 0. The van der Waals surface area contributed by atoms with Crippen molar-refractivity contribution < 1.29 is 8.98 Å². The summed E-state index contributed by atoms with van der Waals surface area (Å²) in [5.41, 5.74) is 13.1. The van der Waals surface area contributed by atoms with Crippen molar-refractivity contribution in [1.29, 1.82) is 0 Å². The van der Waals surface area contributed by atoms with Gasteiger partial charge >= 0.3 is 7.44 Å². The summed E-state index contributed by atoms with van der Waals surface area (Å²) in [5, 5.41) is 5.32. The highest BCUT2D eigenvalue weighted by atomic mass is 31.2. The molecule has 0 radical (unpaired) electrons. The lowest BCUT2D eigenvalue weighted by molar-refractivity contribution is 0.582. The van der Waals surface area contributed by atoms with Crippen molar-refractivity contribution in [2.45, 2.75) is 0 Å². The van der Waals surface area contributed by atoms with Gasteiger partial charge in [0.05, 0.1) is 27.7 Å². The SMILES string of the molecule is O=P1(c2ccccc2)N(c2ccccc2)c2ccc(-c3ccc4oc5ccc(-c6ccc7c(c6)c6ccccc6n7-c6ccccc6)cc5c4c3)cc2N1c1ccccc1. The third-order valence-electron chi connectivity index (χ3n) is 11.9. The largest absolute Gasteiger partial charge is 0.456 e. The highest BCUT2D eigenvalue weighted by molar-refractivity contribution is 7.76. The summed E-state index contributed by atoms with van der Waals surface area (Å²) in [5.74, 6) is 0. The van der Waals surface area contributed by atoms with Gasteiger partial charge in [-0.1, -0.05) is 115 Å². The first-order chi connectivity index (χ1) is 29.6. The van der Waals surface area contributed by atoms with E-state index in [0.29, 0.717) is 0 Å². The van der Waals surface area contributed by atoms with Gasteiger partial charge in [-0.05, 0) is 125 Å². The predicted molar refractivity (Wildman–Crippen MR) is 250 cm³/mol. The fourth-order valence-electron chi connectivity index (χ4n) is 9.16. The molecular weight excluding hydrogens is 754 g/mol. The minimum Gasteiger partial charge on any atom is -0.456 e. The van der Waals surface area contributed by atoms with Crippen LogP contribution in [-0.4, -0.2) is 4.57 Å². The van der Waals surface area contributed by atoms with Crippen LogP contribution in [0, 0.1) is 0 Å². The van der Waals surface area contributed by atoms with Crippen molar-refractivity contribution in [3.05, 3.63) is 218 Å². The molecule has 0 amide bonds. The van der Waals surface area contributed by atoms with Crippen LogP contribution in [0.3, 0.4) is 0 Å². The molecule has 11 aromatic rings. The van der Waals surface area contributed by atoms with Crippen LogP contribution in [-0.2, 0) is 4.57 Å². The molecule has 0 fully saturated rings. The van der Waals surface area contributed by atoms with Gasteiger partial charge in [0.1, 0.15) is 11.2 Å². The highest BCUT2D eigenvalue weighted by Crippen LogP contribution is 2.70. The van der Waals surface area contributed by atoms with Gasteiger partial charge in [-0.25, -0.2) is 0 Å². The van der Waals surface area contributed by atoms with Crippen LogP contribution in [0.15, 0.2) is 223 Å². The normalized spacial score (nSPS) is 15.1. The predicted octanol–water partition coefficient (Wildman–Crippen LogP) is 14.8. The standard InChI is InChI=1S/C54H36N3O2P/c58-60(44-21-11-4-12-22-44)56(42-17-7-2-8-18-42)51-30-26-40(36-52(51)57(60)43-19-9-3-10-20-43)39-28-32-54-48(35-39)47-34-38(27-31-53(47)59-54)37-25-29-50-46(33-37)45-23-13-14-24-49(45)55(50)41-15-5-1-6-16-41/h1-36H. The summed E-state index contributed by atoms with van der Waals surface area (Å²) >= 11 is 0. The zero-order chi connectivity index (χ0) is 39.8. The molecule has 60 heavy (non-hydrogen) atoms. The highest BCUT2D eigenvalue weighted by Gasteiger charge is 2.49. The Hall–Kier alpha value is -7.59. The van der Waals surface area contributed by atoms with Gasteiger partial charge in [0, 0.05) is 38.6 Å². The fourth-order valence-corrected chi connectivity index (χ4v) is 12.2. The number of nitrogens with zero attached hydrogens (tertiary/aromatic N) is 3. The second kappa shape index (κ2) is 13.5. The van der Waals surface area contributed by atoms with Crippen LogP contribution in [0.4, 0.5) is 22.7 Å². The molecule has 3 heterocycles. The molecule has 0 N–H and O–H groups in total. The summed E-state index contributed by atoms with van der Waals surface area (Å²) < 4.78 is 29.0. The number of hydrogen-bond acceptors (Lipinski definition) is 2. The molecule has 0 saturated heterocycles. The number of anilines is 4. The van der Waals surface area contributed by atoms with Gasteiger partial charge in [0.25, 0.3) is 0 Å². The van der Waals surface area contributed by atoms with Gasteiger partial charge in [0.15, 0.2) is 0 Å². The van der Waals surface area contributed by atoms with Crippen molar-refractivity contribution in [3.8, 4) is 27.9 Å². The Bertz CT molecular complexity index is 3470. The first kappa shape index (κ1) is 34.5. The van der Waals surface area contributed by atoms with Crippen molar-refractivity contribution in [1.82, 2.24) is 4.57 Å². The molecule has 6 heteroatoms. The van der Waals surface area contributed by atoms with E-state index in [-0.39, 0.29) is 0 Å². The minimum absolute atomic E-state index is 0.763. The molecule has 0 aliphatic carbocycles. The van der Waals surface area contributed by atoms with E-state index in [0.717, 1.165) is 77.9 Å². The number of rotatable bonds is 6. The second-order valence-electron chi connectivity index (χ2n) is 15.3. The van der Waals surface area contributed by atoms with Crippen LogP contribution in [0.5, 0.6) is 0 Å². The molecule has 1 atom stereocenters. The second-order valence-corrected chi connectivity index (χ2v) is 17.7. The zero-order valence-electron chi connectivity index (χ0n) is 32.4. The molecule has 284 valence electrons. The zero-order valence-corrected chi connectivity index (χ0v) is 33.3. The topological polar surface area (TPSA) is 41.6 Å². The number of furan rings is 1. The van der Waals surface area contributed by atoms with Crippen molar-refractivity contribution in [3.63, 3.8) is 0 Å². The summed E-state index contributed by atoms with van der Waals surface area (Å²) in [7, 11) is -3.47. The lowest BCUT2D eigenvalue weighted by Gasteiger charge is -2.33. The fraction of sp³-hybridized carbons (Fsp3) is 0. The smallest absolute Gasteiger partial charge is 0.301 e. The molecular formula is C54H36N3O2P. The number of aromatic nitrogens is 1. The molecule has 1 unspecified atom stereocenters. The van der Waals surface area contributed by atoms with Crippen LogP contribution in [0.25, 0.3) is 71.7 Å². The molecule has 0 bridgehead atoms. The molecule has 0 spiro atoms. The van der Waals surface area contributed by atoms with Gasteiger partial charge in [0.2, 0.25) is 0 Å². The molecule has 5 nitrogen and oxygen atoms in total. The number of hydrogen-bond donors (Lipinski definition) is 0. The van der Waals surface area contributed by atoms with Crippen LogP contribution >= 0.6 is 7.44 Å². The molecule has 1 aliphatic heterocycles. The molecule has 2 aromatic heterocycles. The van der Waals surface area contributed by atoms with E-state index >= 15 is 4.57 Å². The monoisotopic (exact) mass is 789 g/mol. The van der Waals surface area contributed by atoms with Crippen molar-refractivity contribution >= 4 is 79.2 Å². The van der Waals surface area contributed by atoms with E-state index in [2.05, 4.69) is 137 Å². The van der Waals surface area contributed by atoms with Crippen LogP contribution in [0.2, 0.25) is 0 Å². The summed E-state index contributed by atoms with van der Waals surface area (Å²) in [6.07, 6.45) is 0. The lowest BCUT2D eigenvalue weighted by atomic mass is 9.99. The Balaban J connectivity index is 0.993. The van der Waals surface area contributed by atoms with Gasteiger partial charge < -0.3 is 8.98 Å². The lowest BCUT2D eigenvalue weighted by Crippen LogP contribution is -2.26. The van der Waals surface area contributed by atoms with Crippen molar-refractivity contribution in [2.24, 2.45) is 0 Å².